The molecule has 1 saturated heterocycles. The summed E-state index contributed by atoms with van der Waals surface area (Å²) in [4.78, 5) is 8.71. The molecule has 0 N–H and O–H groups in total. The van der Waals surface area contributed by atoms with Gasteiger partial charge in [-0.05, 0) is 46.8 Å². The number of hydrogen-bond acceptors (Lipinski definition) is 6. The molecule has 0 atom stereocenters. The predicted molar refractivity (Wildman–Crippen MR) is 101 cm³/mol. The van der Waals surface area contributed by atoms with Gasteiger partial charge in [0.25, 0.3) is 0 Å². The van der Waals surface area contributed by atoms with Crippen molar-refractivity contribution >= 4 is 17.4 Å². The zero-order valence-electron chi connectivity index (χ0n) is 15.2. The Morgan fingerprint density at radius 3 is 2.31 bits per heavy atom. The Morgan fingerprint density at radius 2 is 1.69 bits per heavy atom. The second-order valence-corrected chi connectivity index (χ2v) is 7.09. The van der Waals surface area contributed by atoms with Crippen molar-refractivity contribution < 1.29 is 13.2 Å². The zero-order chi connectivity index (χ0) is 20.4. The molecule has 0 spiro atoms. The summed E-state index contributed by atoms with van der Waals surface area (Å²) in [7, 11) is 0. The van der Waals surface area contributed by atoms with Gasteiger partial charge in [0.15, 0.2) is 5.82 Å². The Kier molecular flexibility index (Phi) is 5.37. The van der Waals surface area contributed by atoms with Crippen molar-refractivity contribution in [2.45, 2.75) is 12.7 Å². The van der Waals surface area contributed by atoms with Crippen molar-refractivity contribution in [3.05, 3.63) is 59.0 Å². The Hall–Kier alpha value is -2.72. The number of benzene rings is 1. The molecule has 11 heteroatoms. The lowest BCUT2D eigenvalue weighted by Crippen LogP contribution is -2.46. The minimum absolute atomic E-state index is 0.488. The number of tetrazole rings is 1. The van der Waals surface area contributed by atoms with E-state index < -0.39 is 11.7 Å². The maximum Gasteiger partial charge on any atom is 0.416 e. The van der Waals surface area contributed by atoms with Crippen LogP contribution in [0.1, 0.15) is 11.4 Å². The molecule has 4 rings (SSSR count). The summed E-state index contributed by atoms with van der Waals surface area (Å²) in [6, 6.07) is 8.49. The van der Waals surface area contributed by atoms with E-state index in [4.69, 9.17) is 11.6 Å². The molecule has 7 nitrogen and oxygen atoms in total. The first kappa shape index (κ1) is 19.6. The minimum atomic E-state index is -4.37. The van der Waals surface area contributed by atoms with Gasteiger partial charge >= 0.3 is 6.18 Å². The first-order chi connectivity index (χ1) is 13.9. The SMILES string of the molecule is FC(F)(F)c1ccc(-n2nnnc2CN2CCN(c3ccc(Cl)cn3)CC2)cc1. The average Bonchev–Trinajstić information content (AvgIpc) is 3.17. The number of alkyl halides is 3. The molecule has 1 aromatic carbocycles. The summed E-state index contributed by atoms with van der Waals surface area (Å²) in [6.45, 7) is 3.64. The smallest absolute Gasteiger partial charge is 0.354 e. The van der Waals surface area contributed by atoms with Crippen molar-refractivity contribution in [3.63, 3.8) is 0 Å². The Balaban J connectivity index is 1.40. The summed E-state index contributed by atoms with van der Waals surface area (Å²) >= 11 is 5.88. The van der Waals surface area contributed by atoms with Gasteiger partial charge in [-0.3, -0.25) is 4.90 Å². The largest absolute Gasteiger partial charge is 0.416 e. The monoisotopic (exact) mass is 423 g/mol. The van der Waals surface area contributed by atoms with Gasteiger partial charge in [0.2, 0.25) is 0 Å². The highest BCUT2D eigenvalue weighted by molar-refractivity contribution is 6.30. The maximum absolute atomic E-state index is 12.8. The quantitative estimate of drug-likeness (QED) is 0.642. The third-order valence-electron chi connectivity index (χ3n) is 4.75. The van der Waals surface area contributed by atoms with Crippen LogP contribution < -0.4 is 4.90 Å². The van der Waals surface area contributed by atoms with E-state index in [1.807, 2.05) is 12.1 Å². The fourth-order valence-electron chi connectivity index (χ4n) is 3.19. The fourth-order valence-corrected chi connectivity index (χ4v) is 3.30. The van der Waals surface area contributed by atoms with Crippen LogP contribution >= 0.6 is 11.6 Å². The number of piperazine rings is 1. The van der Waals surface area contributed by atoms with E-state index >= 15 is 0 Å². The molecule has 3 heterocycles. The van der Waals surface area contributed by atoms with E-state index in [2.05, 4.69) is 30.3 Å². The van der Waals surface area contributed by atoms with Crippen LogP contribution in [0.2, 0.25) is 5.02 Å². The molecule has 2 aromatic heterocycles. The van der Waals surface area contributed by atoms with Gasteiger partial charge < -0.3 is 4.90 Å². The summed E-state index contributed by atoms with van der Waals surface area (Å²) in [5.74, 6) is 1.45. The first-order valence-corrected chi connectivity index (χ1v) is 9.32. The molecule has 3 aromatic rings. The zero-order valence-corrected chi connectivity index (χ0v) is 16.0. The molecular weight excluding hydrogens is 407 g/mol. The second-order valence-electron chi connectivity index (χ2n) is 6.65. The van der Waals surface area contributed by atoms with Gasteiger partial charge in [-0.25, -0.2) is 4.98 Å². The molecule has 1 fully saturated rings. The van der Waals surface area contributed by atoms with E-state index in [1.54, 1.807) is 6.20 Å². The van der Waals surface area contributed by atoms with E-state index in [0.29, 0.717) is 23.1 Å². The molecular formula is C18H17ClF3N7. The van der Waals surface area contributed by atoms with Gasteiger partial charge in [-0.1, -0.05) is 11.6 Å². The molecule has 0 unspecified atom stereocenters. The predicted octanol–water partition coefficient (Wildman–Crippen LogP) is 3.05. The number of aromatic nitrogens is 5. The lowest BCUT2D eigenvalue weighted by atomic mass is 10.2. The van der Waals surface area contributed by atoms with Crippen LogP contribution in [0.25, 0.3) is 5.69 Å². The summed E-state index contributed by atoms with van der Waals surface area (Å²) in [6.07, 6.45) is -2.75. The first-order valence-electron chi connectivity index (χ1n) is 8.94. The highest BCUT2D eigenvalue weighted by Gasteiger charge is 2.30. The normalized spacial score (nSPS) is 15.7. The summed E-state index contributed by atoms with van der Waals surface area (Å²) in [5.41, 5.74) is -0.218. The minimum Gasteiger partial charge on any atom is -0.354 e. The molecule has 0 saturated carbocycles. The van der Waals surface area contributed by atoms with Gasteiger partial charge in [0.1, 0.15) is 5.82 Å². The molecule has 29 heavy (non-hydrogen) atoms. The lowest BCUT2D eigenvalue weighted by Gasteiger charge is -2.35. The Morgan fingerprint density at radius 1 is 0.966 bits per heavy atom. The third kappa shape index (κ3) is 4.48. The van der Waals surface area contributed by atoms with E-state index in [1.165, 1.54) is 16.8 Å². The maximum atomic E-state index is 12.8. The number of hydrogen-bond donors (Lipinski definition) is 0. The van der Waals surface area contributed by atoms with Crippen LogP contribution in [0.3, 0.4) is 0 Å². The highest BCUT2D eigenvalue weighted by atomic mass is 35.5. The van der Waals surface area contributed by atoms with Gasteiger partial charge in [-0.15, -0.1) is 5.10 Å². The second kappa shape index (κ2) is 7.96. The summed E-state index contributed by atoms with van der Waals surface area (Å²) in [5, 5.41) is 12.3. The van der Waals surface area contributed by atoms with Gasteiger partial charge in [-0.2, -0.15) is 17.9 Å². The van der Waals surface area contributed by atoms with Crippen molar-refractivity contribution in [1.82, 2.24) is 30.1 Å². The van der Waals surface area contributed by atoms with Crippen LogP contribution in [0, 0.1) is 0 Å². The number of anilines is 1. The lowest BCUT2D eigenvalue weighted by molar-refractivity contribution is -0.137. The van der Waals surface area contributed by atoms with Crippen molar-refractivity contribution in [3.8, 4) is 5.69 Å². The third-order valence-corrected chi connectivity index (χ3v) is 4.97. The fraction of sp³-hybridized carbons (Fsp3) is 0.333. The van der Waals surface area contributed by atoms with Crippen LogP contribution in [0.15, 0.2) is 42.6 Å². The molecule has 0 aliphatic carbocycles. The van der Waals surface area contributed by atoms with Gasteiger partial charge in [0, 0.05) is 32.4 Å². The molecule has 152 valence electrons. The average molecular weight is 424 g/mol. The van der Waals surface area contributed by atoms with Crippen molar-refractivity contribution in [2.75, 3.05) is 31.1 Å². The highest BCUT2D eigenvalue weighted by Crippen LogP contribution is 2.29. The van der Waals surface area contributed by atoms with Crippen LogP contribution in [-0.2, 0) is 12.7 Å². The molecule has 1 aliphatic heterocycles. The van der Waals surface area contributed by atoms with Gasteiger partial charge in [0.05, 0.1) is 22.8 Å². The summed E-state index contributed by atoms with van der Waals surface area (Å²) < 4.78 is 39.7. The number of pyridine rings is 1. The van der Waals surface area contributed by atoms with Crippen LogP contribution in [-0.4, -0.2) is 56.3 Å². The molecule has 0 amide bonds. The number of nitrogens with zero attached hydrogens (tertiary/aromatic N) is 7. The van der Waals surface area contributed by atoms with Crippen molar-refractivity contribution in [2.24, 2.45) is 0 Å². The van der Waals surface area contributed by atoms with Crippen molar-refractivity contribution in [1.29, 1.82) is 0 Å². The molecule has 0 radical (unpaired) electrons. The number of rotatable bonds is 4. The number of halogens is 4. The topological polar surface area (TPSA) is 63.0 Å². The molecule has 1 aliphatic rings. The van der Waals surface area contributed by atoms with E-state index in [0.717, 1.165) is 44.1 Å². The van der Waals surface area contributed by atoms with E-state index in [9.17, 15) is 13.2 Å². The van der Waals surface area contributed by atoms with Crippen LogP contribution in [0.5, 0.6) is 0 Å². The molecule has 0 bridgehead atoms. The van der Waals surface area contributed by atoms with E-state index in [-0.39, 0.29) is 0 Å². The standard InChI is InChI=1S/C18H17ClF3N7/c19-14-3-6-16(23-11-14)28-9-7-27(8-10-28)12-17-24-25-26-29(17)15-4-1-13(2-5-15)18(20,21)22/h1-6,11H,7-10,12H2. The van der Waals surface area contributed by atoms with Crippen LogP contribution in [0.4, 0.5) is 19.0 Å². The Bertz CT molecular complexity index is 949. The Labute approximate surface area is 169 Å².